The summed E-state index contributed by atoms with van der Waals surface area (Å²) in [5, 5.41) is 20.7. The molecule has 0 saturated heterocycles. The van der Waals surface area contributed by atoms with Gasteiger partial charge in [0.05, 0.1) is 5.60 Å². The second kappa shape index (κ2) is 9.84. The molecular weight excluding hydrogens is 432 g/mol. The maximum Gasteiger partial charge on any atom is 0.147 e. The van der Waals surface area contributed by atoms with Crippen LogP contribution in [0.5, 0.6) is 5.75 Å². The fourth-order valence-corrected chi connectivity index (χ4v) is 6.63. The van der Waals surface area contributed by atoms with Crippen LogP contribution in [0.4, 0.5) is 0 Å². The predicted molar refractivity (Wildman–Crippen MR) is 137 cm³/mol. The van der Waals surface area contributed by atoms with Crippen LogP contribution >= 0.6 is 0 Å². The smallest absolute Gasteiger partial charge is 0.147 e. The first-order chi connectivity index (χ1) is 17.0. The molecule has 1 saturated carbocycles. The highest BCUT2D eigenvalue weighted by Gasteiger charge is 2.51. The van der Waals surface area contributed by atoms with Gasteiger partial charge in [-0.25, -0.2) is 4.98 Å². The number of benzene rings is 2. The fourth-order valence-electron chi connectivity index (χ4n) is 6.63. The van der Waals surface area contributed by atoms with Crippen molar-refractivity contribution >= 4 is 0 Å². The van der Waals surface area contributed by atoms with Crippen LogP contribution in [-0.4, -0.2) is 15.7 Å². The third kappa shape index (κ3) is 4.70. The average Bonchev–Trinajstić information content (AvgIpc) is 2.88. The number of ether oxygens (including phenoxy) is 1. The van der Waals surface area contributed by atoms with E-state index in [1.807, 2.05) is 12.1 Å². The lowest BCUT2D eigenvalue weighted by atomic mass is 9.52. The molecule has 4 nitrogen and oxygen atoms in total. The molecule has 35 heavy (non-hydrogen) atoms. The summed E-state index contributed by atoms with van der Waals surface area (Å²) in [5.74, 6) is 1.31. The summed E-state index contributed by atoms with van der Waals surface area (Å²) in [6, 6.07) is 23.3. The van der Waals surface area contributed by atoms with Gasteiger partial charge in [-0.1, -0.05) is 55.8 Å². The third-order valence-electron chi connectivity index (χ3n) is 8.29. The molecule has 2 aliphatic carbocycles. The van der Waals surface area contributed by atoms with Crippen LogP contribution in [0.1, 0.15) is 73.4 Å². The number of aromatic nitrogens is 1. The van der Waals surface area contributed by atoms with E-state index in [4.69, 9.17) is 4.74 Å². The molecule has 0 aliphatic heterocycles. The maximum absolute atomic E-state index is 11.4. The van der Waals surface area contributed by atoms with Crippen LogP contribution in [0.15, 0.2) is 66.9 Å². The van der Waals surface area contributed by atoms with E-state index < -0.39 is 5.60 Å². The van der Waals surface area contributed by atoms with Crippen molar-refractivity contribution in [2.75, 3.05) is 0 Å². The molecule has 2 aromatic carbocycles. The Morgan fingerprint density at radius 1 is 1.11 bits per heavy atom. The fraction of sp³-hybridized carbons (Fsp3) is 0.419. The van der Waals surface area contributed by atoms with Gasteiger partial charge >= 0.3 is 0 Å². The summed E-state index contributed by atoms with van der Waals surface area (Å²) in [7, 11) is 0. The molecule has 4 heteroatoms. The molecule has 2 aliphatic rings. The van der Waals surface area contributed by atoms with Crippen molar-refractivity contribution < 1.29 is 9.84 Å². The van der Waals surface area contributed by atoms with Gasteiger partial charge in [0.1, 0.15) is 24.1 Å². The molecule has 3 atom stereocenters. The lowest BCUT2D eigenvalue weighted by Crippen LogP contribution is -2.51. The van der Waals surface area contributed by atoms with Crippen LogP contribution in [-0.2, 0) is 24.9 Å². The summed E-state index contributed by atoms with van der Waals surface area (Å²) in [6.07, 6.45) is 9.42. The van der Waals surface area contributed by atoms with Crippen molar-refractivity contribution in [1.82, 2.24) is 4.98 Å². The zero-order chi connectivity index (χ0) is 24.3. The van der Waals surface area contributed by atoms with Crippen LogP contribution in [0.3, 0.4) is 0 Å². The number of aryl methyl sites for hydroxylation is 1. The number of nitriles is 1. The lowest BCUT2D eigenvalue weighted by Gasteiger charge is -2.53. The van der Waals surface area contributed by atoms with Gasteiger partial charge in [0.25, 0.3) is 0 Å². The summed E-state index contributed by atoms with van der Waals surface area (Å²) in [4.78, 5) is 4.14. The van der Waals surface area contributed by atoms with E-state index >= 15 is 0 Å². The zero-order valence-electron chi connectivity index (χ0n) is 20.5. The molecule has 0 bridgehead atoms. The first kappa shape index (κ1) is 23.6. The predicted octanol–water partition coefficient (Wildman–Crippen LogP) is 6.29. The van der Waals surface area contributed by atoms with Gasteiger partial charge in [-0.3, -0.25) is 0 Å². The number of hydrogen-bond acceptors (Lipinski definition) is 4. The van der Waals surface area contributed by atoms with Gasteiger partial charge in [-0.15, -0.1) is 0 Å². The van der Waals surface area contributed by atoms with Crippen molar-refractivity contribution in [2.24, 2.45) is 5.92 Å². The van der Waals surface area contributed by atoms with Crippen molar-refractivity contribution in [3.8, 4) is 11.8 Å². The Labute approximate surface area is 208 Å². The standard InChI is InChI=1S/C31H34N2O2/c1-2-14-30(34)15-16-31(19-23-7-4-3-5-8-23)26(20-30)11-10-24-18-27(12-13-28(24)31)35-22-25-9-6-17-33-29(25)21-32/h3-9,12-13,17-18,26,34H,2,10-11,14-16,19-20,22H2,1H3/t26-,30-,31+/m1/s1. The second-order valence-corrected chi connectivity index (χ2v) is 10.5. The first-order valence-corrected chi connectivity index (χ1v) is 12.9. The van der Waals surface area contributed by atoms with Crippen molar-refractivity contribution in [2.45, 2.75) is 75.9 Å². The zero-order valence-corrected chi connectivity index (χ0v) is 20.5. The van der Waals surface area contributed by atoms with Gasteiger partial charge in [0, 0.05) is 17.2 Å². The Kier molecular flexibility index (Phi) is 6.62. The highest BCUT2D eigenvalue weighted by molar-refractivity contribution is 5.45. The minimum atomic E-state index is -0.525. The molecule has 0 amide bonds. The van der Waals surface area contributed by atoms with Crippen molar-refractivity contribution in [3.63, 3.8) is 0 Å². The number of fused-ring (bicyclic) bond motifs is 3. The van der Waals surface area contributed by atoms with Crippen LogP contribution in [0.25, 0.3) is 0 Å². The minimum Gasteiger partial charge on any atom is -0.489 e. The van der Waals surface area contributed by atoms with E-state index in [2.05, 4.69) is 66.5 Å². The highest BCUT2D eigenvalue weighted by Crippen LogP contribution is 2.55. The van der Waals surface area contributed by atoms with Crippen molar-refractivity contribution in [1.29, 1.82) is 5.26 Å². The van der Waals surface area contributed by atoms with E-state index in [9.17, 15) is 10.4 Å². The Morgan fingerprint density at radius 2 is 1.97 bits per heavy atom. The second-order valence-electron chi connectivity index (χ2n) is 10.5. The molecule has 0 unspecified atom stereocenters. The number of nitrogens with zero attached hydrogens (tertiary/aromatic N) is 2. The molecule has 0 spiro atoms. The Balaban J connectivity index is 1.45. The number of pyridine rings is 1. The average molecular weight is 467 g/mol. The monoisotopic (exact) mass is 466 g/mol. The maximum atomic E-state index is 11.4. The normalized spacial score (nSPS) is 25.2. The summed E-state index contributed by atoms with van der Waals surface area (Å²) < 4.78 is 6.12. The molecule has 1 heterocycles. The van der Waals surface area contributed by atoms with Gasteiger partial charge < -0.3 is 9.84 Å². The quantitative estimate of drug-likeness (QED) is 0.444. The molecule has 3 aromatic rings. The Hall–Kier alpha value is -3.16. The summed E-state index contributed by atoms with van der Waals surface area (Å²) >= 11 is 0. The molecular formula is C31H34N2O2. The topological polar surface area (TPSA) is 66.1 Å². The van der Waals surface area contributed by atoms with Crippen LogP contribution in [0, 0.1) is 17.2 Å². The van der Waals surface area contributed by atoms with E-state index in [1.165, 1.54) is 16.7 Å². The molecule has 0 radical (unpaired) electrons. The highest BCUT2D eigenvalue weighted by atomic mass is 16.5. The summed E-state index contributed by atoms with van der Waals surface area (Å²) in [6.45, 7) is 2.50. The summed E-state index contributed by atoms with van der Waals surface area (Å²) in [5.41, 5.74) is 4.90. The van der Waals surface area contributed by atoms with E-state index in [-0.39, 0.29) is 5.41 Å². The van der Waals surface area contributed by atoms with Crippen LogP contribution in [0.2, 0.25) is 0 Å². The minimum absolute atomic E-state index is 0.0464. The Morgan fingerprint density at radius 3 is 2.77 bits per heavy atom. The van der Waals surface area contributed by atoms with Gasteiger partial charge in [-0.2, -0.15) is 5.26 Å². The third-order valence-corrected chi connectivity index (χ3v) is 8.29. The van der Waals surface area contributed by atoms with Gasteiger partial charge in [0.15, 0.2) is 0 Å². The molecule has 180 valence electrons. The van der Waals surface area contributed by atoms with Crippen molar-refractivity contribution in [3.05, 3.63) is 94.8 Å². The van der Waals surface area contributed by atoms with Gasteiger partial charge in [-0.05, 0) is 85.8 Å². The first-order valence-electron chi connectivity index (χ1n) is 12.9. The number of rotatable bonds is 7. The van der Waals surface area contributed by atoms with Crippen LogP contribution < -0.4 is 4.74 Å². The van der Waals surface area contributed by atoms with E-state index in [0.717, 1.165) is 62.7 Å². The molecule has 1 fully saturated rings. The molecule has 1 N–H and O–H groups in total. The largest absolute Gasteiger partial charge is 0.489 e. The molecule has 1 aromatic heterocycles. The lowest BCUT2D eigenvalue weighted by molar-refractivity contribution is -0.0565. The number of hydrogen-bond donors (Lipinski definition) is 1. The van der Waals surface area contributed by atoms with Gasteiger partial charge in [0.2, 0.25) is 0 Å². The van der Waals surface area contributed by atoms with E-state index in [1.54, 1.807) is 6.20 Å². The number of aliphatic hydroxyl groups is 1. The van der Waals surface area contributed by atoms with E-state index in [0.29, 0.717) is 18.2 Å². The SMILES string of the molecule is CCC[C@@]1(O)CC[C@@]2(Cc3ccccc3)c3ccc(OCc4cccnc4C#N)cc3CC[C@@H]2C1. The Bertz CT molecular complexity index is 1220. The molecule has 5 rings (SSSR count).